The van der Waals surface area contributed by atoms with Gasteiger partial charge in [-0.25, -0.2) is 0 Å². The van der Waals surface area contributed by atoms with Gasteiger partial charge in [0.1, 0.15) is 0 Å². The van der Waals surface area contributed by atoms with Crippen LogP contribution in [0, 0.1) is 0 Å². The normalized spacial score (nSPS) is 24.1. The van der Waals surface area contributed by atoms with Crippen LogP contribution in [0.2, 0.25) is 0 Å². The van der Waals surface area contributed by atoms with E-state index in [0.29, 0.717) is 10.5 Å². The predicted molar refractivity (Wildman–Crippen MR) is 66.3 cm³/mol. The molecule has 15 heavy (non-hydrogen) atoms. The smallest absolute Gasteiger partial charge is 0.0599 e. The van der Waals surface area contributed by atoms with Gasteiger partial charge in [0, 0.05) is 17.1 Å². The molecular weight excluding hydrogens is 204 g/mol. The zero-order valence-corrected chi connectivity index (χ0v) is 10.0. The van der Waals surface area contributed by atoms with Crippen molar-refractivity contribution in [2.75, 3.05) is 13.2 Å². The lowest BCUT2D eigenvalue weighted by Gasteiger charge is -2.01. The lowest BCUT2D eigenvalue weighted by molar-refractivity contribution is 0.136. The van der Waals surface area contributed by atoms with E-state index in [2.05, 4.69) is 37.3 Å². The second-order valence-corrected chi connectivity index (χ2v) is 5.32. The molecule has 0 amide bonds. The lowest BCUT2D eigenvalue weighted by Crippen LogP contribution is -2.03. The van der Waals surface area contributed by atoms with Crippen LogP contribution in [0.25, 0.3) is 0 Å². The number of hydrogen-bond acceptors (Lipinski definition) is 2. The zero-order valence-electron chi connectivity index (χ0n) is 9.19. The maximum atomic E-state index is 5.63. The highest BCUT2D eigenvalue weighted by Gasteiger charge is 2.39. The molecule has 0 aromatic heterocycles. The number of ether oxygens (including phenoxy) is 1. The Bertz CT molecular complexity index is 286. The second kappa shape index (κ2) is 5.57. The van der Waals surface area contributed by atoms with Crippen LogP contribution in [0.4, 0.5) is 0 Å². The van der Waals surface area contributed by atoms with Crippen molar-refractivity contribution < 1.29 is 4.74 Å². The van der Waals surface area contributed by atoms with Crippen molar-refractivity contribution in [3.63, 3.8) is 0 Å². The van der Waals surface area contributed by atoms with Gasteiger partial charge in [0.15, 0.2) is 0 Å². The van der Waals surface area contributed by atoms with Crippen LogP contribution in [0.3, 0.4) is 0 Å². The monoisotopic (exact) mass is 222 g/mol. The molecule has 1 heterocycles. The molecule has 2 heteroatoms. The van der Waals surface area contributed by atoms with Crippen LogP contribution < -0.4 is 0 Å². The van der Waals surface area contributed by atoms with Gasteiger partial charge in [-0.15, -0.1) is 11.8 Å². The summed E-state index contributed by atoms with van der Waals surface area (Å²) in [4.78, 5) is 0. The van der Waals surface area contributed by atoms with Gasteiger partial charge < -0.3 is 4.74 Å². The molecule has 0 radical (unpaired) electrons. The van der Waals surface area contributed by atoms with E-state index in [0.717, 1.165) is 13.2 Å². The molecule has 1 aromatic carbocycles. The van der Waals surface area contributed by atoms with E-state index in [9.17, 15) is 0 Å². The molecule has 0 bridgehead atoms. The minimum atomic E-state index is 0.688. The van der Waals surface area contributed by atoms with Crippen LogP contribution in [0.1, 0.15) is 30.6 Å². The van der Waals surface area contributed by atoms with Crippen molar-refractivity contribution >= 4 is 11.8 Å². The van der Waals surface area contributed by atoms with Crippen molar-refractivity contribution in [3.05, 3.63) is 35.9 Å². The van der Waals surface area contributed by atoms with Crippen molar-refractivity contribution in [1.82, 2.24) is 0 Å². The van der Waals surface area contributed by atoms with E-state index < -0.39 is 0 Å². The molecule has 1 aliphatic heterocycles. The molecular formula is C13H18OS. The molecule has 1 aliphatic rings. The molecule has 82 valence electrons. The minimum Gasteiger partial charge on any atom is -0.380 e. The molecule has 0 saturated carbocycles. The largest absolute Gasteiger partial charge is 0.380 e. The molecule has 0 N–H and O–H groups in total. The van der Waals surface area contributed by atoms with Gasteiger partial charge in [-0.1, -0.05) is 43.7 Å². The summed E-state index contributed by atoms with van der Waals surface area (Å²) < 4.78 is 5.63. The fraction of sp³-hybridized carbons (Fsp3) is 0.538. The summed E-state index contributed by atoms with van der Waals surface area (Å²) in [5.74, 6) is 0. The van der Waals surface area contributed by atoms with E-state index in [1.54, 1.807) is 0 Å². The Balaban J connectivity index is 1.68. The first-order valence-corrected chi connectivity index (χ1v) is 6.64. The summed E-state index contributed by atoms with van der Waals surface area (Å²) in [5, 5.41) is 1.39. The van der Waals surface area contributed by atoms with E-state index >= 15 is 0 Å². The predicted octanol–water partition coefficient (Wildman–Crippen LogP) is 3.66. The fourth-order valence-electron chi connectivity index (χ4n) is 1.65. The number of unbranched alkanes of at least 4 members (excludes halogenated alkanes) is 1. The van der Waals surface area contributed by atoms with Gasteiger partial charge in [0.05, 0.1) is 6.61 Å². The third kappa shape index (κ3) is 3.25. The van der Waals surface area contributed by atoms with Gasteiger partial charge in [0.25, 0.3) is 0 Å². The lowest BCUT2D eigenvalue weighted by atomic mass is 10.1. The highest BCUT2D eigenvalue weighted by atomic mass is 32.2. The quantitative estimate of drug-likeness (QED) is 0.536. The minimum absolute atomic E-state index is 0.688. The molecule has 0 aliphatic carbocycles. The molecule has 0 spiro atoms. The maximum Gasteiger partial charge on any atom is 0.0599 e. The second-order valence-electron chi connectivity index (χ2n) is 3.93. The SMILES string of the molecule is CCCCOCC1SC1c1ccccc1. The van der Waals surface area contributed by atoms with Crippen molar-refractivity contribution in [1.29, 1.82) is 0 Å². The van der Waals surface area contributed by atoms with E-state index in [-0.39, 0.29) is 0 Å². The van der Waals surface area contributed by atoms with Gasteiger partial charge in [-0.05, 0) is 12.0 Å². The summed E-state index contributed by atoms with van der Waals surface area (Å²) in [6.45, 7) is 4.04. The number of rotatable bonds is 6. The Labute approximate surface area is 96.2 Å². The van der Waals surface area contributed by atoms with Crippen LogP contribution >= 0.6 is 11.8 Å². The third-order valence-electron chi connectivity index (χ3n) is 2.63. The average Bonchev–Trinajstić information content (AvgIpc) is 3.05. The maximum absolute atomic E-state index is 5.63. The molecule has 1 saturated heterocycles. The van der Waals surface area contributed by atoms with Gasteiger partial charge >= 0.3 is 0 Å². The molecule has 2 rings (SSSR count). The van der Waals surface area contributed by atoms with Crippen LogP contribution in [-0.2, 0) is 4.74 Å². The summed E-state index contributed by atoms with van der Waals surface area (Å²) in [5.41, 5.74) is 1.45. The highest BCUT2D eigenvalue weighted by molar-refractivity contribution is 8.07. The Kier molecular flexibility index (Phi) is 4.09. The molecule has 1 fully saturated rings. The first kappa shape index (κ1) is 11.0. The first-order chi connectivity index (χ1) is 7.42. The van der Waals surface area contributed by atoms with Crippen LogP contribution in [0.15, 0.2) is 30.3 Å². The van der Waals surface area contributed by atoms with Crippen LogP contribution in [-0.4, -0.2) is 18.5 Å². The Morgan fingerprint density at radius 3 is 2.80 bits per heavy atom. The Morgan fingerprint density at radius 2 is 2.07 bits per heavy atom. The topological polar surface area (TPSA) is 9.23 Å². The fourth-order valence-corrected chi connectivity index (χ4v) is 2.66. The third-order valence-corrected chi connectivity index (χ3v) is 3.97. The highest BCUT2D eigenvalue weighted by Crippen LogP contribution is 2.54. The summed E-state index contributed by atoms with van der Waals surface area (Å²) in [6.07, 6.45) is 2.41. The van der Waals surface area contributed by atoms with E-state index in [4.69, 9.17) is 4.74 Å². The zero-order chi connectivity index (χ0) is 10.5. The first-order valence-electron chi connectivity index (χ1n) is 5.70. The number of benzene rings is 1. The molecule has 1 aromatic rings. The molecule has 2 unspecified atom stereocenters. The van der Waals surface area contributed by atoms with Crippen molar-refractivity contribution in [2.45, 2.75) is 30.3 Å². The van der Waals surface area contributed by atoms with E-state index in [1.165, 1.54) is 18.4 Å². The van der Waals surface area contributed by atoms with Crippen molar-refractivity contribution in [3.8, 4) is 0 Å². The van der Waals surface area contributed by atoms with Gasteiger partial charge in [0.2, 0.25) is 0 Å². The van der Waals surface area contributed by atoms with E-state index in [1.807, 2.05) is 11.8 Å². The molecule has 1 nitrogen and oxygen atoms in total. The van der Waals surface area contributed by atoms with Gasteiger partial charge in [-0.2, -0.15) is 0 Å². The summed E-state index contributed by atoms with van der Waals surface area (Å²) in [6, 6.07) is 10.7. The number of hydrogen-bond donors (Lipinski definition) is 0. The standard InChI is InChI=1S/C13H18OS/c1-2-3-9-14-10-12-13(15-12)11-7-5-4-6-8-11/h4-8,12-13H,2-3,9-10H2,1H3. The Hall–Kier alpha value is -0.470. The number of thioether (sulfide) groups is 1. The van der Waals surface area contributed by atoms with Crippen LogP contribution in [0.5, 0.6) is 0 Å². The summed E-state index contributed by atoms with van der Waals surface area (Å²) in [7, 11) is 0. The Morgan fingerprint density at radius 1 is 1.27 bits per heavy atom. The van der Waals surface area contributed by atoms with Crippen molar-refractivity contribution in [2.24, 2.45) is 0 Å². The van der Waals surface area contributed by atoms with Gasteiger partial charge in [-0.3, -0.25) is 0 Å². The average molecular weight is 222 g/mol. The molecule has 2 atom stereocenters. The summed E-state index contributed by atoms with van der Waals surface area (Å²) >= 11 is 2.02.